The van der Waals surface area contributed by atoms with Gasteiger partial charge in [-0.15, -0.1) is 0 Å². The van der Waals surface area contributed by atoms with Crippen molar-refractivity contribution in [2.24, 2.45) is 5.92 Å². The highest BCUT2D eigenvalue weighted by Gasteiger charge is 2.30. The van der Waals surface area contributed by atoms with Gasteiger partial charge in [0.25, 0.3) is 0 Å². The molecule has 0 aliphatic carbocycles. The summed E-state index contributed by atoms with van der Waals surface area (Å²) in [6, 6.07) is 2.63. The highest BCUT2D eigenvalue weighted by Crippen LogP contribution is 2.32. The van der Waals surface area contributed by atoms with Gasteiger partial charge in [0.2, 0.25) is 0 Å². The fraction of sp³-hybridized carbons (Fsp3) is 0.812. The van der Waals surface area contributed by atoms with E-state index in [4.69, 9.17) is 9.47 Å². The first-order chi connectivity index (χ1) is 10.9. The summed E-state index contributed by atoms with van der Waals surface area (Å²) in [6.45, 7) is 6.04. The molecule has 3 atom stereocenters. The first-order valence-corrected chi connectivity index (χ1v) is 8.42. The Labute approximate surface area is 132 Å². The molecule has 3 rings (SSSR count). The fourth-order valence-electron chi connectivity index (χ4n) is 3.56. The molecule has 124 valence electrons. The lowest BCUT2D eigenvalue weighted by molar-refractivity contribution is -0.0309. The number of hydrogen-bond donors (Lipinski definition) is 2. The molecule has 2 aliphatic rings. The summed E-state index contributed by atoms with van der Waals surface area (Å²) in [5.41, 5.74) is 1.11. The second-order valence-electron chi connectivity index (χ2n) is 6.39. The van der Waals surface area contributed by atoms with Crippen LogP contribution in [0.2, 0.25) is 0 Å². The number of aromatic nitrogens is 2. The second-order valence-corrected chi connectivity index (χ2v) is 6.39. The van der Waals surface area contributed by atoms with Crippen LogP contribution in [-0.4, -0.2) is 67.6 Å². The predicted molar refractivity (Wildman–Crippen MR) is 84.7 cm³/mol. The van der Waals surface area contributed by atoms with Gasteiger partial charge in [0.15, 0.2) is 0 Å². The number of likely N-dealkylation sites (tertiary alicyclic amines) is 1. The number of rotatable bonds is 7. The molecule has 1 unspecified atom stereocenters. The van der Waals surface area contributed by atoms with Crippen molar-refractivity contribution in [2.75, 3.05) is 46.5 Å². The van der Waals surface area contributed by atoms with Gasteiger partial charge in [-0.2, -0.15) is 5.10 Å². The van der Waals surface area contributed by atoms with Crippen LogP contribution in [0.25, 0.3) is 0 Å². The zero-order valence-corrected chi connectivity index (χ0v) is 13.5. The van der Waals surface area contributed by atoms with E-state index in [9.17, 15) is 0 Å². The number of nitrogens with zero attached hydrogens (tertiary/aromatic N) is 2. The van der Waals surface area contributed by atoms with E-state index in [1.165, 1.54) is 19.4 Å². The Balaban J connectivity index is 1.46. The van der Waals surface area contributed by atoms with Crippen LogP contribution in [0.15, 0.2) is 12.3 Å². The summed E-state index contributed by atoms with van der Waals surface area (Å²) in [4.78, 5) is 2.48. The van der Waals surface area contributed by atoms with E-state index >= 15 is 0 Å². The van der Waals surface area contributed by atoms with Gasteiger partial charge in [-0.3, -0.25) is 10.00 Å². The number of hydrogen-bond acceptors (Lipinski definition) is 5. The first kappa shape index (κ1) is 15.9. The average molecular weight is 308 g/mol. The summed E-state index contributed by atoms with van der Waals surface area (Å²) < 4.78 is 11.1. The number of aromatic amines is 1. The van der Waals surface area contributed by atoms with Crippen molar-refractivity contribution in [3.63, 3.8) is 0 Å². The van der Waals surface area contributed by atoms with Gasteiger partial charge in [0.1, 0.15) is 6.10 Å². The quantitative estimate of drug-likeness (QED) is 0.792. The maximum absolute atomic E-state index is 5.99. The summed E-state index contributed by atoms with van der Waals surface area (Å²) >= 11 is 0. The highest BCUT2D eigenvalue weighted by molar-refractivity contribution is 5.05. The van der Waals surface area contributed by atoms with Crippen LogP contribution in [0.1, 0.15) is 31.1 Å². The van der Waals surface area contributed by atoms with E-state index in [2.05, 4.69) is 20.4 Å². The Bertz CT molecular complexity index is 426. The smallest absolute Gasteiger partial charge is 0.103 e. The van der Waals surface area contributed by atoms with Crippen LogP contribution in [0.4, 0.5) is 0 Å². The van der Waals surface area contributed by atoms with E-state index in [0.29, 0.717) is 12.0 Å². The van der Waals surface area contributed by atoms with Gasteiger partial charge in [-0.05, 0) is 31.9 Å². The highest BCUT2D eigenvalue weighted by atomic mass is 16.5. The van der Waals surface area contributed by atoms with Crippen LogP contribution >= 0.6 is 0 Å². The Morgan fingerprint density at radius 2 is 2.45 bits per heavy atom. The topological polar surface area (TPSA) is 62.4 Å². The van der Waals surface area contributed by atoms with Crippen LogP contribution in [0.3, 0.4) is 0 Å². The van der Waals surface area contributed by atoms with Crippen molar-refractivity contribution in [1.29, 1.82) is 0 Å². The molecular formula is C16H28N4O2. The molecule has 0 amide bonds. The maximum Gasteiger partial charge on any atom is 0.103 e. The zero-order chi connectivity index (χ0) is 15.2. The monoisotopic (exact) mass is 308 g/mol. The summed E-state index contributed by atoms with van der Waals surface area (Å²) in [5, 5.41) is 10.9. The predicted octanol–water partition coefficient (Wildman–Crippen LogP) is 1.19. The van der Waals surface area contributed by atoms with Crippen LogP contribution in [0, 0.1) is 5.92 Å². The molecule has 2 N–H and O–H groups in total. The SMILES string of the molecule is COCCN1CCC(NC[C@@H]2CCCO[C@H]2c2ccn[nH]2)C1. The molecular weight excluding hydrogens is 280 g/mol. The van der Waals surface area contributed by atoms with Crippen molar-refractivity contribution in [1.82, 2.24) is 20.4 Å². The molecule has 2 aliphatic heterocycles. The molecule has 6 heteroatoms. The lowest BCUT2D eigenvalue weighted by Gasteiger charge is -2.32. The normalized spacial score (nSPS) is 30.0. The average Bonchev–Trinajstić information content (AvgIpc) is 3.23. The van der Waals surface area contributed by atoms with E-state index in [1.807, 2.05) is 12.3 Å². The molecule has 0 saturated carbocycles. The van der Waals surface area contributed by atoms with Crippen molar-refractivity contribution in [3.8, 4) is 0 Å². The molecule has 3 heterocycles. The van der Waals surface area contributed by atoms with Crippen molar-refractivity contribution < 1.29 is 9.47 Å². The van der Waals surface area contributed by atoms with E-state index in [0.717, 1.165) is 45.0 Å². The van der Waals surface area contributed by atoms with Gasteiger partial charge in [0, 0.05) is 51.5 Å². The van der Waals surface area contributed by atoms with E-state index < -0.39 is 0 Å². The summed E-state index contributed by atoms with van der Waals surface area (Å²) in [6.07, 6.45) is 5.57. The van der Waals surface area contributed by atoms with E-state index in [-0.39, 0.29) is 6.10 Å². The second kappa shape index (κ2) is 8.06. The molecule has 0 aromatic carbocycles. The molecule has 1 aromatic rings. The van der Waals surface area contributed by atoms with Gasteiger partial charge < -0.3 is 14.8 Å². The Morgan fingerprint density at radius 1 is 1.50 bits per heavy atom. The molecule has 22 heavy (non-hydrogen) atoms. The van der Waals surface area contributed by atoms with Crippen molar-refractivity contribution in [3.05, 3.63) is 18.0 Å². The Hall–Kier alpha value is -0.950. The molecule has 0 spiro atoms. The lowest BCUT2D eigenvalue weighted by atomic mass is 9.92. The fourth-order valence-corrected chi connectivity index (χ4v) is 3.56. The molecule has 6 nitrogen and oxygen atoms in total. The Kier molecular flexibility index (Phi) is 5.83. The van der Waals surface area contributed by atoms with Crippen LogP contribution in [-0.2, 0) is 9.47 Å². The minimum absolute atomic E-state index is 0.162. The number of nitrogens with one attached hydrogen (secondary N) is 2. The van der Waals surface area contributed by atoms with Gasteiger partial charge >= 0.3 is 0 Å². The summed E-state index contributed by atoms with van der Waals surface area (Å²) in [7, 11) is 1.77. The lowest BCUT2D eigenvalue weighted by Crippen LogP contribution is -2.39. The van der Waals surface area contributed by atoms with Crippen molar-refractivity contribution >= 4 is 0 Å². The van der Waals surface area contributed by atoms with Crippen molar-refractivity contribution in [2.45, 2.75) is 31.4 Å². The third kappa shape index (κ3) is 4.07. The van der Waals surface area contributed by atoms with E-state index in [1.54, 1.807) is 7.11 Å². The number of H-pyrrole nitrogens is 1. The van der Waals surface area contributed by atoms with Crippen LogP contribution in [0.5, 0.6) is 0 Å². The molecule has 2 fully saturated rings. The van der Waals surface area contributed by atoms with Gasteiger partial charge in [-0.1, -0.05) is 0 Å². The third-order valence-electron chi connectivity index (χ3n) is 4.83. The van der Waals surface area contributed by atoms with Gasteiger partial charge in [0.05, 0.1) is 12.3 Å². The Morgan fingerprint density at radius 3 is 3.27 bits per heavy atom. The third-order valence-corrected chi connectivity index (χ3v) is 4.83. The number of ether oxygens (including phenoxy) is 2. The maximum atomic E-state index is 5.99. The molecule has 0 bridgehead atoms. The molecule has 1 aromatic heterocycles. The molecule has 0 radical (unpaired) electrons. The first-order valence-electron chi connectivity index (χ1n) is 8.42. The standard InChI is InChI=1S/C16H28N4O2/c1-21-10-8-20-7-5-14(12-20)17-11-13-3-2-9-22-16(13)15-4-6-18-19-15/h4,6,13-14,16-17H,2-3,5,7-12H2,1H3,(H,18,19)/t13-,14?,16+/m0/s1. The number of methoxy groups -OCH3 is 1. The summed E-state index contributed by atoms with van der Waals surface area (Å²) in [5.74, 6) is 0.530. The van der Waals surface area contributed by atoms with Crippen LogP contribution < -0.4 is 5.32 Å². The largest absolute Gasteiger partial charge is 0.383 e. The van der Waals surface area contributed by atoms with Gasteiger partial charge in [-0.25, -0.2) is 0 Å². The minimum atomic E-state index is 0.162. The zero-order valence-electron chi connectivity index (χ0n) is 13.5. The minimum Gasteiger partial charge on any atom is -0.383 e. The molecule has 2 saturated heterocycles.